The summed E-state index contributed by atoms with van der Waals surface area (Å²) in [7, 11) is 3.45. The van der Waals surface area contributed by atoms with Crippen molar-refractivity contribution in [1.82, 2.24) is 9.88 Å². The molecule has 0 atom stereocenters. The van der Waals surface area contributed by atoms with Crippen molar-refractivity contribution >= 4 is 5.91 Å². The number of aromatic nitrogens is 1. The molecule has 5 nitrogen and oxygen atoms in total. The Kier molecular flexibility index (Phi) is 4.31. The van der Waals surface area contributed by atoms with Crippen molar-refractivity contribution in [3.63, 3.8) is 0 Å². The lowest BCUT2D eigenvalue weighted by Crippen LogP contribution is -2.21. The molecule has 112 valence electrons. The number of ether oxygens (including phenoxy) is 1. The van der Waals surface area contributed by atoms with Gasteiger partial charge in [-0.3, -0.25) is 4.79 Å². The molecule has 0 bridgehead atoms. The first-order chi connectivity index (χ1) is 9.88. The number of carbonyl (C=O) groups is 1. The largest absolute Gasteiger partial charge is 0.484 e. The Bertz CT molecular complexity index is 640. The monoisotopic (exact) mass is 288 g/mol. The molecule has 0 aliphatic rings. The van der Waals surface area contributed by atoms with Gasteiger partial charge in [-0.1, -0.05) is 6.07 Å². The summed E-state index contributed by atoms with van der Waals surface area (Å²) in [5.41, 5.74) is 2.42. The van der Waals surface area contributed by atoms with Crippen molar-refractivity contribution in [2.24, 2.45) is 0 Å². The number of rotatable bonds is 4. The minimum absolute atomic E-state index is 0.0531. The second-order valence-corrected chi connectivity index (χ2v) is 5.22. The molecule has 1 aromatic heterocycles. The highest BCUT2D eigenvalue weighted by Gasteiger charge is 2.12. The average Bonchev–Trinajstić information content (AvgIpc) is 2.76. The van der Waals surface area contributed by atoms with Gasteiger partial charge in [-0.25, -0.2) is 4.98 Å². The fraction of sp³-hybridized carbons (Fsp3) is 0.375. The molecule has 0 spiro atoms. The van der Waals surface area contributed by atoms with Gasteiger partial charge in [-0.15, -0.1) is 0 Å². The zero-order valence-electron chi connectivity index (χ0n) is 13.1. The minimum atomic E-state index is -0.0531. The smallest absolute Gasteiger partial charge is 0.253 e. The van der Waals surface area contributed by atoms with Gasteiger partial charge in [-0.05, 0) is 38.5 Å². The van der Waals surface area contributed by atoms with E-state index >= 15 is 0 Å². The Hall–Kier alpha value is -2.30. The van der Waals surface area contributed by atoms with E-state index in [-0.39, 0.29) is 12.5 Å². The molecule has 0 radical (unpaired) electrons. The third-order valence-electron chi connectivity index (χ3n) is 3.27. The van der Waals surface area contributed by atoms with Crippen molar-refractivity contribution in [3.05, 3.63) is 46.7 Å². The number of amides is 1. The number of oxazole rings is 1. The van der Waals surface area contributed by atoms with E-state index in [4.69, 9.17) is 9.15 Å². The van der Waals surface area contributed by atoms with Gasteiger partial charge < -0.3 is 14.1 Å². The number of aryl methyl sites for hydroxylation is 3. The maximum Gasteiger partial charge on any atom is 0.253 e. The highest BCUT2D eigenvalue weighted by atomic mass is 16.5. The van der Waals surface area contributed by atoms with Crippen LogP contribution in [0, 0.1) is 20.8 Å². The molecular formula is C16H20N2O3. The van der Waals surface area contributed by atoms with Crippen LogP contribution >= 0.6 is 0 Å². The van der Waals surface area contributed by atoms with Gasteiger partial charge in [0.05, 0.1) is 5.69 Å². The molecule has 2 aromatic rings. The number of nitrogens with zero attached hydrogens (tertiary/aromatic N) is 2. The molecule has 1 amide bonds. The van der Waals surface area contributed by atoms with E-state index in [9.17, 15) is 4.79 Å². The van der Waals surface area contributed by atoms with E-state index in [2.05, 4.69) is 4.98 Å². The third-order valence-corrected chi connectivity index (χ3v) is 3.27. The maximum atomic E-state index is 12.0. The fourth-order valence-corrected chi connectivity index (χ4v) is 1.89. The molecule has 0 N–H and O–H groups in total. The van der Waals surface area contributed by atoms with Crippen molar-refractivity contribution < 1.29 is 13.9 Å². The third kappa shape index (κ3) is 3.42. The Morgan fingerprint density at radius 3 is 2.57 bits per heavy atom. The van der Waals surface area contributed by atoms with Gasteiger partial charge in [0.15, 0.2) is 6.61 Å². The van der Waals surface area contributed by atoms with E-state index in [0.717, 1.165) is 17.0 Å². The van der Waals surface area contributed by atoms with Crippen LogP contribution in [0.5, 0.6) is 5.75 Å². The molecule has 0 saturated heterocycles. The Morgan fingerprint density at radius 1 is 1.29 bits per heavy atom. The van der Waals surface area contributed by atoms with Crippen molar-refractivity contribution in [3.8, 4) is 5.75 Å². The zero-order valence-corrected chi connectivity index (χ0v) is 13.1. The van der Waals surface area contributed by atoms with E-state index < -0.39 is 0 Å². The summed E-state index contributed by atoms with van der Waals surface area (Å²) < 4.78 is 11.2. The Balaban J connectivity index is 2.15. The van der Waals surface area contributed by atoms with E-state index in [1.165, 1.54) is 4.90 Å². The summed E-state index contributed by atoms with van der Waals surface area (Å²) in [5, 5.41) is 0. The number of hydrogen-bond donors (Lipinski definition) is 0. The van der Waals surface area contributed by atoms with Gasteiger partial charge in [0.1, 0.15) is 11.5 Å². The standard InChI is InChI=1S/C16H20N2O3/c1-10-6-7-13(16(19)18(4)5)8-14(10)20-9-15-17-11(2)12(3)21-15/h6-8H,9H2,1-5H3. The molecule has 0 aliphatic carbocycles. The van der Waals surface area contributed by atoms with Crippen LogP contribution in [-0.4, -0.2) is 29.9 Å². The first-order valence-electron chi connectivity index (χ1n) is 6.76. The zero-order chi connectivity index (χ0) is 15.6. The van der Waals surface area contributed by atoms with Gasteiger partial charge in [-0.2, -0.15) is 0 Å². The summed E-state index contributed by atoms with van der Waals surface area (Å²) in [6.07, 6.45) is 0. The highest BCUT2D eigenvalue weighted by Crippen LogP contribution is 2.22. The number of hydrogen-bond acceptors (Lipinski definition) is 4. The molecule has 0 saturated carbocycles. The van der Waals surface area contributed by atoms with Gasteiger partial charge in [0.25, 0.3) is 5.91 Å². The van der Waals surface area contributed by atoms with Crippen LogP contribution in [0.4, 0.5) is 0 Å². The summed E-state index contributed by atoms with van der Waals surface area (Å²) in [5.74, 6) is 1.94. The highest BCUT2D eigenvalue weighted by molar-refractivity contribution is 5.94. The van der Waals surface area contributed by atoms with E-state index in [1.807, 2.05) is 26.8 Å². The lowest BCUT2D eigenvalue weighted by atomic mass is 10.1. The molecule has 0 unspecified atom stereocenters. The SMILES string of the molecule is Cc1ccc(C(=O)N(C)C)cc1OCc1nc(C)c(C)o1. The summed E-state index contributed by atoms with van der Waals surface area (Å²) >= 11 is 0. The van der Waals surface area contributed by atoms with Crippen LogP contribution in [0.2, 0.25) is 0 Å². The van der Waals surface area contributed by atoms with Crippen LogP contribution in [0.1, 0.15) is 33.3 Å². The topological polar surface area (TPSA) is 55.6 Å². The Labute approximate surface area is 124 Å². The molecule has 2 rings (SSSR count). The first kappa shape index (κ1) is 15.1. The van der Waals surface area contributed by atoms with Crippen LogP contribution in [0.15, 0.2) is 22.6 Å². The predicted molar refractivity (Wildman–Crippen MR) is 79.5 cm³/mol. The minimum Gasteiger partial charge on any atom is -0.484 e. The normalized spacial score (nSPS) is 10.5. The van der Waals surface area contributed by atoms with Crippen molar-refractivity contribution in [2.75, 3.05) is 14.1 Å². The molecular weight excluding hydrogens is 268 g/mol. The second-order valence-electron chi connectivity index (χ2n) is 5.22. The number of carbonyl (C=O) groups excluding carboxylic acids is 1. The average molecular weight is 288 g/mol. The summed E-state index contributed by atoms with van der Waals surface area (Å²) in [4.78, 5) is 17.8. The second kappa shape index (κ2) is 5.99. The first-order valence-corrected chi connectivity index (χ1v) is 6.76. The number of benzene rings is 1. The fourth-order valence-electron chi connectivity index (χ4n) is 1.89. The van der Waals surface area contributed by atoms with Gasteiger partial charge in [0.2, 0.25) is 5.89 Å². The molecule has 0 fully saturated rings. The van der Waals surface area contributed by atoms with Crippen LogP contribution in [-0.2, 0) is 6.61 Å². The molecule has 1 heterocycles. The summed E-state index contributed by atoms with van der Waals surface area (Å²) in [6.45, 7) is 5.94. The predicted octanol–water partition coefficient (Wildman–Crippen LogP) is 2.88. The Morgan fingerprint density at radius 2 is 2.00 bits per heavy atom. The van der Waals surface area contributed by atoms with Crippen molar-refractivity contribution in [2.45, 2.75) is 27.4 Å². The van der Waals surface area contributed by atoms with Crippen molar-refractivity contribution in [1.29, 1.82) is 0 Å². The van der Waals surface area contributed by atoms with Gasteiger partial charge in [0, 0.05) is 19.7 Å². The molecule has 0 aliphatic heterocycles. The lowest BCUT2D eigenvalue weighted by molar-refractivity contribution is 0.0827. The van der Waals surface area contributed by atoms with E-state index in [1.54, 1.807) is 26.2 Å². The van der Waals surface area contributed by atoms with Crippen LogP contribution < -0.4 is 4.74 Å². The van der Waals surface area contributed by atoms with Crippen LogP contribution in [0.25, 0.3) is 0 Å². The molecule has 21 heavy (non-hydrogen) atoms. The van der Waals surface area contributed by atoms with E-state index in [0.29, 0.717) is 17.2 Å². The van der Waals surface area contributed by atoms with Gasteiger partial charge >= 0.3 is 0 Å². The molecule has 5 heteroatoms. The maximum absolute atomic E-state index is 12.0. The molecule has 1 aromatic carbocycles. The van der Waals surface area contributed by atoms with Crippen LogP contribution in [0.3, 0.4) is 0 Å². The lowest BCUT2D eigenvalue weighted by Gasteiger charge is -2.13. The summed E-state index contributed by atoms with van der Waals surface area (Å²) in [6, 6.07) is 5.42. The quantitative estimate of drug-likeness (QED) is 0.868.